The summed E-state index contributed by atoms with van der Waals surface area (Å²) >= 11 is 0. The molecular weight excluding hydrogens is 392 g/mol. The van der Waals surface area contributed by atoms with Crippen LogP contribution in [0.25, 0.3) is 11.2 Å². The first-order valence-electron chi connectivity index (χ1n) is 10.5. The smallest absolute Gasteiger partial charge is 0.322 e. The summed E-state index contributed by atoms with van der Waals surface area (Å²) in [6.45, 7) is 8.35. The first-order chi connectivity index (χ1) is 14.8. The molecule has 1 aliphatic rings. The molecule has 0 spiro atoms. The summed E-state index contributed by atoms with van der Waals surface area (Å²) < 4.78 is 6.48. The van der Waals surface area contributed by atoms with E-state index in [0.717, 1.165) is 35.3 Å². The van der Waals surface area contributed by atoms with Gasteiger partial charge in [0.25, 0.3) is 0 Å². The lowest BCUT2D eigenvalue weighted by molar-refractivity contribution is -0.143. The zero-order valence-electron chi connectivity index (χ0n) is 19.8. The molecule has 0 saturated carbocycles. The summed E-state index contributed by atoms with van der Waals surface area (Å²) in [5.74, 6) is 2.79. The highest BCUT2D eigenvalue weighted by atomic mass is 16.5. The van der Waals surface area contributed by atoms with Crippen molar-refractivity contribution >= 4 is 23.0 Å². The maximum atomic E-state index is 11.7. The zero-order valence-corrected chi connectivity index (χ0v) is 19.8. The average Bonchev–Trinajstić information content (AvgIpc) is 3.19. The number of hydrogen-bond donors (Lipinski definition) is 2. The van der Waals surface area contributed by atoms with Crippen molar-refractivity contribution in [3.63, 3.8) is 0 Å². The van der Waals surface area contributed by atoms with Crippen LogP contribution >= 0.6 is 0 Å². The van der Waals surface area contributed by atoms with Crippen LogP contribution in [0.2, 0.25) is 0 Å². The molecule has 3 heterocycles. The summed E-state index contributed by atoms with van der Waals surface area (Å²) in [5, 5.41) is 7.62. The van der Waals surface area contributed by atoms with Gasteiger partial charge < -0.3 is 20.7 Å². The quantitative estimate of drug-likeness (QED) is 0.571. The normalized spacial score (nSPS) is 18.1. The molecule has 1 fully saturated rings. The maximum Gasteiger partial charge on any atom is 0.322 e. The number of terminal acetylenes is 1. The van der Waals surface area contributed by atoms with Crippen molar-refractivity contribution in [2.24, 2.45) is 0 Å². The number of methoxy groups -OCH3 is 1. The molecule has 2 aromatic heterocycles. The minimum atomic E-state index is -0.242. The van der Waals surface area contributed by atoms with Gasteiger partial charge in [-0.3, -0.25) is 4.79 Å². The van der Waals surface area contributed by atoms with E-state index >= 15 is 0 Å². The standard InChI is InChI=1S/C18H26N6O2.C3H4.C2H6/c1-11(10-23(2)3)13-9-21-24-16(19)7-15(22-17(13)24)12-5-6-14(20-8-12)18(25)26-4;1-3-2;1-2/h7,9-10,12,14,20H,5-6,8,19H2,1-4H3;1H,2H3;1-2H3/b11-10+;;. The lowest BCUT2D eigenvalue weighted by Gasteiger charge is -2.28. The molecule has 0 radical (unpaired) electrons. The van der Waals surface area contributed by atoms with Crippen molar-refractivity contribution in [1.29, 1.82) is 0 Å². The SMILES string of the molecule is C#CC.CC.COC(=O)C1CCC(c2cc(N)n3ncc(/C(C)=C/N(C)C)c3n2)CN1. The van der Waals surface area contributed by atoms with E-state index in [2.05, 4.69) is 22.8 Å². The van der Waals surface area contributed by atoms with Gasteiger partial charge >= 0.3 is 5.97 Å². The monoisotopic (exact) mass is 428 g/mol. The van der Waals surface area contributed by atoms with Crippen LogP contribution in [0.4, 0.5) is 5.82 Å². The number of hydrogen-bond acceptors (Lipinski definition) is 7. The summed E-state index contributed by atoms with van der Waals surface area (Å²) in [7, 11) is 5.37. The lowest BCUT2D eigenvalue weighted by atomic mass is 9.92. The van der Waals surface area contributed by atoms with E-state index in [1.54, 1.807) is 17.6 Å². The third-order valence-corrected chi connectivity index (χ3v) is 4.71. The molecule has 2 unspecified atom stereocenters. The number of nitrogens with zero attached hydrogens (tertiary/aromatic N) is 4. The van der Waals surface area contributed by atoms with Crippen molar-refractivity contribution < 1.29 is 9.53 Å². The number of fused-ring (bicyclic) bond motifs is 1. The Morgan fingerprint density at radius 2 is 2.06 bits per heavy atom. The Morgan fingerprint density at radius 1 is 1.42 bits per heavy atom. The molecule has 3 rings (SSSR count). The van der Waals surface area contributed by atoms with Gasteiger partial charge in [0.2, 0.25) is 0 Å². The summed E-state index contributed by atoms with van der Waals surface area (Å²) in [6, 6.07) is 1.63. The van der Waals surface area contributed by atoms with E-state index in [0.29, 0.717) is 12.4 Å². The number of rotatable bonds is 4. The van der Waals surface area contributed by atoms with E-state index in [1.165, 1.54) is 7.11 Å². The van der Waals surface area contributed by atoms with Gasteiger partial charge in [-0.15, -0.1) is 12.3 Å². The Morgan fingerprint density at radius 3 is 2.58 bits per heavy atom. The van der Waals surface area contributed by atoms with Gasteiger partial charge in [0, 0.05) is 44.4 Å². The van der Waals surface area contributed by atoms with E-state index in [-0.39, 0.29) is 17.9 Å². The molecule has 0 aromatic carbocycles. The van der Waals surface area contributed by atoms with E-state index in [1.807, 2.05) is 52.0 Å². The van der Waals surface area contributed by atoms with Crippen LogP contribution in [-0.4, -0.2) is 59.3 Å². The molecule has 31 heavy (non-hydrogen) atoms. The third kappa shape index (κ3) is 6.72. The molecule has 0 bridgehead atoms. The predicted molar refractivity (Wildman–Crippen MR) is 126 cm³/mol. The van der Waals surface area contributed by atoms with E-state index < -0.39 is 0 Å². The Balaban J connectivity index is 0.000000884. The zero-order chi connectivity index (χ0) is 23.6. The predicted octanol–water partition coefficient (Wildman–Crippen LogP) is 2.91. The van der Waals surface area contributed by atoms with Crippen molar-refractivity contribution in [2.75, 3.05) is 33.5 Å². The molecule has 2 atom stereocenters. The Bertz CT molecular complexity index is 918. The molecule has 0 amide bonds. The first kappa shape index (κ1) is 26.0. The minimum Gasteiger partial charge on any atom is -0.468 e. The number of ether oxygens (including phenoxy) is 1. The van der Waals surface area contributed by atoms with Gasteiger partial charge in [0.05, 0.1) is 19.0 Å². The number of carbonyl (C=O) groups excluding carboxylic acids is 1. The number of nitrogen functional groups attached to an aromatic ring is 1. The fourth-order valence-corrected chi connectivity index (χ4v) is 3.40. The number of nitrogens with two attached hydrogens (primary N) is 1. The molecule has 170 valence electrons. The van der Waals surface area contributed by atoms with Gasteiger partial charge in [-0.2, -0.15) is 9.61 Å². The first-order valence-corrected chi connectivity index (χ1v) is 10.5. The fourth-order valence-electron chi connectivity index (χ4n) is 3.40. The number of anilines is 1. The number of carbonyl (C=O) groups is 1. The van der Waals surface area contributed by atoms with Crippen LogP contribution in [0.5, 0.6) is 0 Å². The second-order valence-corrected chi connectivity index (χ2v) is 7.22. The van der Waals surface area contributed by atoms with Gasteiger partial charge in [-0.05, 0) is 32.3 Å². The number of esters is 1. The van der Waals surface area contributed by atoms with E-state index in [9.17, 15) is 4.79 Å². The van der Waals surface area contributed by atoms with Crippen molar-refractivity contribution in [1.82, 2.24) is 24.8 Å². The highest BCUT2D eigenvalue weighted by Crippen LogP contribution is 2.28. The second-order valence-electron chi connectivity index (χ2n) is 7.22. The van der Waals surface area contributed by atoms with E-state index in [4.69, 9.17) is 15.5 Å². The molecule has 2 aromatic rings. The lowest BCUT2D eigenvalue weighted by Crippen LogP contribution is -2.44. The fraction of sp³-hybridized carbons (Fsp3) is 0.522. The number of aromatic nitrogens is 3. The second kappa shape index (κ2) is 12.6. The Kier molecular flexibility index (Phi) is 10.6. The van der Waals surface area contributed by atoms with Crippen molar-refractivity contribution in [3.05, 3.63) is 29.7 Å². The van der Waals surface area contributed by atoms with Crippen LogP contribution < -0.4 is 11.1 Å². The molecule has 8 heteroatoms. The molecule has 1 aliphatic heterocycles. The largest absolute Gasteiger partial charge is 0.468 e. The summed E-state index contributed by atoms with van der Waals surface area (Å²) in [5.41, 5.74) is 9.92. The number of allylic oxidation sites excluding steroid dienone is 1. The molecule has 0 aliphatic carbocycles. The number of nitrogens with one attached hydrogen (secondary N) is 1. The average molecular weight is 429 g/mol. The topological polar surface area (TPSA) is 97.8 Å². The van der Waals surface area contributed by atoms with Crippen LogP contribution in [0.1, 0.15) is 57.7 Å². The molecule has 8 nitrogen and oxygen atoms in total. The number of piperidine rings is 1. The van der Waals surface area contributed by atoms with Gasteiger partial charge in [0.15, 0.2) is 5.65 Å². The third-order valence-electron chi connectivity index (χ3n) is 4.71. The molecule has 3 N–H and O–H groups in total. The maximum absolute atomic E-state index is 11.7. The van der Waals surface area contributed by atoms with Crippen molar-refractivity contribution in [2.45, 2.75) is 52.5 Å². The van der Waals surface area contributed by atoms with Crippen LogP contribution in [0, 0.1) is 12.3 Å². The molecular formula is C23H36N6O2. The highest BCUT2D eigenvalue weighted by Gasteiger charge is 2.28. The van der Waals surface area contributed by atoms with Gasteiger partial charge in [-0.1, -0.05) is 13.8 Å². The summed E-state index contributed by atoms with van der Waals surface area (Å²) in [6.07, 6.45) is 10.00. The van der Waals surface area contributed by atoms with Gasteiger partial charge in [0.1, 0.15) is 11.9 Å². The Hall–Kier alpha value is -3.05. The Labute approximate surface area is 185 Å². The molecule has 1 saturated heterocycles. The summed E-state index contributed by atoms with van der Waals surface area (Å²) in [4.78, 5) is 18.5. The van der Waals surface area contributed by atoms with Crippen LogP contribution in [0.15, 0.2) is 18.5 Å². The minimum absolute atomic E-state index is 0.198. The van der Waals surface area contributed by atoms with Crippen LogP contribution in [-0.2, 0) is 9.53 Å². The van der Waals surface area contributed by atoms with Crippen molar-refractivity contribution in [3.8, 4) is 12.3 Å². The van der Waals surface area contributed by atoms with Crippen LogP contribution in [0.3, 0.4) is 0 Å². The highest BCUT2D eigenvalue weighted by molar-refractivity contribution is 5.76. The van der Waals surface area contributed by atoms with Gasteiger partial charge in [-0.25, -0.2) is 4.98 Å².